The number of benzene rings is 2. The van der Waals surface area contributed by atoms with Crippen molar-refractivity contribution in [2.45, 2.75) is 19.5 Å². The minimum Gasteiger partial charge on any atom is -0.465 e. The van der Waals surface area contributed by atoms with Gasteiger partial charge in [-0.1, -0.05) is 31.2 Å². The standard InChI is InChI=1S/C20H18N2O2/c1-2-14-9-11-15(12-10-14)22-19(18-8-5-13-24-18)21-17-7-4-3-6-16(17)20(22)23/h3-13,19,21H,2H2,1H3/t19-/m0/s1. The smallest absolute Gasteiger partial charge is 0.262 e. The van der Waals surface area contributed by atoms with Crippen LogP contribution in [-0.4, -0.2) is 5.91 Å². The number of nitrogens with zero attached hydrogens (tertiary/aromatic N) is 1. The topological polar surface area (TPSA) is 45.5 Å². The van der Waals surface area contributed by atoms with E-state index in [9.17, 15) is 4.79 Å². The summed E-state index contributed by atoms with van der Waals surface area (Å²) < 4.78 is 5.58. The number of hydrogen-bond acceptors (Lipinski definition) is 3. The number of anilines is 2. The van der Waals surface area contributed by atoms with Crippen molar-refractivity contribution >= 4 is 17.3 Å². The summed E-state index contributed by atoms with van der Waals surface area (Å²) in [6.07, 6.45) is 2.23. The molecule has 0 bridgehead atoms. The van der Waals surface area contributed by atoms with Crippen LogP contribution < -0.4 is 10.2 Å². The molecule has 0 spiro atoms. The van der Waals surface area contributed by atoms with Crippen LogP contribution >= 0.6 is 0 Å². The van der Waals surface area contributed by atoms with Crippen molar-refractivity contribution in [1.29, 1.82) is 0 Å². The Balaban J connectivity index is 1.82. The Labute approximate surface area is 140 Å². The molecule has 1 aliphatic heterocycles. The predicted molar refractivity (Wildman–Crippen MR) is 94.1 cm³/mol. The molecule has 2 aromatic carbocycles. The SMILES string of the molecule is CCc1ccc(N2C(=O)c3ccccc3N[C@@H]2c2ccco2)cc1. The van der Waals surface area contributed by atoms with Gasteiger partial charge in [-0.15, -0.1) is 0 Å². The van der Waals surface area contributed by atoms with Crippen molar-refractivity contribution in [3.8, 4) is 0 Å². The Hall–Kier alpha value is -3.01. The van der Waals surface area contributed by atoms with Crippen molar-refractivity contribution < 1.29 is 9.21 Å². The second kappa shape index (κ2) is 5.89. The molecule has 1 atom stereocenters. The minimum atomic E-state index is -0.366. The van der Waals surface area contributed by atoms with Gasteiger partial charge in [0.1, 0.15) is 5.76 Å². The summed E-state index contributed by atoms with van der Waals surface area (Å²) in [5.74, 6) is 0.674. The van der Waals surface area contributed by atoms with Gasteiger partial charge in [-0.3, -0.25) is 9.69 Å². The zero-order chi connectivity index (χ0) is 16.5. The zero-order valence-electron chi connectivity index (χ0n) is 13.4. The van der Waals surface area contributed by atoms with Crippen LogP contribution in [-0.2, 0) is 6.42 Å². The van der Waals surface area contributed by atoms with Crippen LogP contribution in [0.5, 0.6) is 0 Å². The molecule has 0 saturated carbocycles. The lowest BCUT2D eigenvalue weighted by Gasteiger charge is -2.36. The van der Waals surface area contributed by atoms with E-state index < -0.39 is 0 Å². The van der Waals surface area contributed by atoms with Crippen LogP contribution in [0.4, 0.5) is 11.4 Å². The summed E-state index contributed by atoms with van der Waals surface area (Å²) in [7, 11) is 0. The molecule has 0 fully saturated rings. The van der Waals surface area contributed by atoms with Gasteiger partial charge in [0, 0.05) is 11.4 Å². The molecule has 3 aromatic rings. The van der Waals surface area contributed by atoms with Crippen molar-refractivity contribution in [2.75, 3.05) is 10.2 Å². The third-order valence-corrected chi connectivity index (χ3v) is 4.36. The molecule has 1 N–H and O–H groups in total. The minimum absolute atomic E-state index is 0.0324. The highest BCUT2D eigenvalue weighted by Gasteiger charge is 2.35. The molecule has 1 aromatic heterocycles. The molecule has 4 rings (SSSR count). The monoisotopic (exact) mass is 318 g/mol. The van der Waals surface area contributed by atoms with Crippen LogP contribution in [0.25, 0.3) is 0 Å². The molecule has 4 heteroatoms. The molecule has 1 aliphatic rings. The second-order valence-electron chi connectivity index (χ2n) is 5.80. The molecule has 120 valence electrons. The molecule has 2 heterocycles. The fourth-order valence-electron chi connectivity index (χ4n) is 3.06. The number of aryl methyl sites for hydroxylation is 1. The van der Waals surface area contributed by atoms with E-state index in [2.05, 4.69) is 24.4 Å². The van der Waals surface area contributed by atoms with E-state index in [0.717, 1.165) is 17.8 Å². The number of hydrogen-bond donors (Lipinski definition) is 1. The zero-order valence-corrected chi connectivity index (χ0v) is 13.4. The van der Waals surface area contributed by atoms with Gasteiger partial charge in [-0.25, -0.2) is 0 Å². The summed E-state index contributed by atoms with van der Waals surface area (Å²) in [6, 6.07) is 19.4. The Bertz CT molecular complexity index is 854. The Kier molecular flexibility index (Phi) is 3.58. The molecule has 0 saturated heterocycles. The van der Waals surface area contributed by atoms with Crippen LogP contribution in [0.2, 0.25) is 0 Å². The quantitative estimate of drug-likeness (QED) is 0.767. The summed E-state index contributed by atoms with van der Waals surface area (Å²) in [5, 5.41) is 3.42. The number of para-hydroxylation sites is 1. The Morgan fingerprint density at radius 2 is 1.83 bits per heavy atom. The van der Waals surface area contributed by atoms with Gasteiger partial charge < -0.3 is 9.73 Å². The maximum atomic E-state index is 13.1. The first kappa shape index (κ1) is 14.6. The maximum absolute atomic E-state index is 13.1. The molecule has 4 nitrogen and oxygen atoms in total. The number of fused-ring (bicyclic) bond motifs is 1. The molecular weight excluding hydrogens is 300 g/mol. The van der Waals surface area contributed by atoms with Crippen molar-refractivity contribution in [3.63, 3.8) is 0 Å². The second-order valence-corrected chi connectivity index (χ2v) is 5.80. The van der Waals surface area contributed by atoms with Crippen LogP contribution in [0.1, 0.15) is 34.8 Å². The highest BCUT2D eigenvalue weighted by Crippen LogP contribution is 2.36. The number of furan rings is 1. The average molecular weight is 318 g/mol. The third-order valence-electron chi connectivity index (χ3n) is 4.36. The van der Waals surface area contributed by atoms with Gasteiger partial charge >= 0.3 is 0 Å². The van der Waals surface area contributed by atoms with Crippen molar-refractivity contribution in [3.05, 3.63) is 83.8 Å². The van der Waals surface area contributed by atoms with Crippen LogP contribution in [0.15, 0.2) is 71.3 Å². The third kappa shape index (κ3) is 2.36. The molecule has 0 unspecified atom stereocenters. The van der Waals surface area contributed by atoms with E-state index in [-0.39, 0.29) is 12.1 Å². The van der Waals surface area contributed by atoms with Crippen molar-refractivity contribution in [1.82, 2.24) is 0 Å². The number of nitrogens with one attached hydrogen (secondary N) is 1. The van der Waals surface area contributed by atoms with Crippen molar-refractivity contribution in [2.24, 2.45) is 0 Å². The van der Waals surface area contributed by atoms with Gasteiger partial charge in [-0.2, -0.15) is 0 Å². The van der Waals surface area contributed by atoms with Gasteiger partial charge in [0.05, 0.1) is 11.8 Å². The normalized spacial score (nSPS) is 16.6. The van der Waals surface area contributed by atoms with E-state index in [1.165, 1.54) is 5.56 Å². The molecular formula is C20H18N2O2. The number of carbonyl (C=O) groups excluding carboxylic acids is 1. The van der Waals surface area contributed by atoms with E-state index in [1.807, 2.05) is 48.5 Å². The van der Waals surface area contributed by atoms with Gasteiger partial charge in [-0.05, 0) is 48.4 Å². The van der Waals surface area contributed by atoms with Gasteiger partial charge in [0.25, 0.3) is 5.91 Å². The highest BCUT2D eigenvalue weighted by atomic mass is 16.3. The van der Waals surface area contributed by atoms with Gasteiger partial charge in [0.15, 0.2) is 6.17 Å². The summed E-state index contributed by atoms with van der Waals surface area (Å²) in [6.45, 7) is 2.12. The first-order valence-corrected chi connectivity index (χ1v) is 8.09. The van der Waals surface area contributed by atoms with E-state index in [4.69, 9.17) is 4.42 Å². The molecule has 0 radical (unpaired) electrons. The first-order chi connectivity index (χ1) is 11.8. The van der Waals surface area contributed by atoms with Crippen LogP contribution in [0, 0.1) is 0 Å². The predicted octanol–water partition coefficient (Wildman–Crippen LogP) is 4.61. The largest absolute Gasteiger partial charge is 0.465 e. The van der Waals surface area contributed by atoms with E-state index in [1.54, 1.807) is 11.2 Å². The van der Waals surface area contributed by atoms with Gasteiger partial charge in [0.2, 0.25) is 0 Å². The fraction of sp³-hybridized carbons (Fsp3) is 0.150. The highest BCUT2D eigenvalue weighted by molar-refractivity contribution is 6.12. The average Bonchev–Trinajstić information content (AvgIpc) is 3.16. The molecule has 24 heavy (non-hydrogen) atoms. The lowest BCUT2D eigenvalue weighted by molar-refractivity contribution is 0.0972. The summed E-state index contributed by atoms with van der Waals surface area (Å²) in [4.78, 5) is 14.9. The number of carbonyl (C=O) groups is 1. The molecule has 0 aliphatic carbocycles. The lowest BCUT2D eigenvalue weighted by atomic mass is 10.0. The summed E-state index contributed by atoms with van der Waals surface area (Å²) >= 11 is 0. The number of rotatable bonds is 3. The van der Waals surface area contributed by atoms with E-state index >= 15 is 0 Å². The van der Waals surface area contributed by atoms with E-state index in [0.29, 0.717) is 11.3 Å². The Morgan fingerprint density at radius 3 is 2.54 bits per heavy atom. The first-order valence-electron chi connectivity index (χ1n) is 8.09. The maximum Gasteiger partial charge on any atom is 0.262 e. The molecule has 1 amide bonds. The fourth-order valence-corrected chi connectivity index (χ4v) is 3.06. The number of amides is 1. The van der Waals surface area contributed by atoms with Crippen LogP contribution in [0.3, 0.4) is 0 Å². The summed E-state index contributed by atoms with van der Waals surface area (Å²) in [5.41, 5.74) is 3.58. The lowest BCUT2D eigenvalue weighted by Crippen LogP contribution is -2.43. The Morgan fingerprint density at radius 1 is 1.04 bits per heavy atom.